The zero-order valence-electron chi connectivity index (χ0n) is 11.1. The minimum absolute atomic E-state index is 0.0632. The van der Waals surface area contributed by atoms with Crippen molar-refractivity contribution in [1.29, 1.82) is 0 Å². The molecule has 1 fully saturated rings. The molecule has 1 aromatic carbocycles. The quantitative estimate of drug-likeness (QED) is 0.887. The first-order chi connectivity index (χ1) is 9.61. The Morgan fingerprint density at radius 3 is 2.62 bits per heavy atom. The van der Waals surface area contributed by atoms with Gasteiger partial charge in [-0.1, -0.05) is 15.9 Å². The number of ether oxygens (including phenoxy) is 1. The number of anilines is 1. The SMILES string of the molecule is CC1(OCC(=O)O)CN(c2cc(Br)ccc2C(F)(F)F)C1. The average Bonchev–Trinajstić information content (AvgIpc) is 2.31. The minimum Gasteiger partial charge on any atom is -0.480 e. The van der Waals surface area contributed by atoms with Gasteiger partial charge >= 0.3 is 12.1 Å². The highest BCUT2D eigenvalue weighted by Crippen LogP contribution is 2.41. The first kappa shape index (κ1) is 16.1. The van der Waals surface area contributed by atoms with Crippen LogP contribution in [0.2, 0.25) is 0 Å². The van der Waals surface area contributed by atoms with Gasteiger partial charge < -0.3 is 14.7 Å². The van der Waals surface area contributed by atoms with Crippen molar-refractivity contribution in [2.45, 2.75) is 18.7 Å². The van der Waals surface area contributed by atoms with Gasteiger partial charge in [0.05, 0.1) is 11.3 Å². The van der Waals surface area contributed by atoms with Gasteiger partial charge in [-0.15, -0.1) is 0 Å². The summed E-state index contributed by atoms with van der Waals surface area (Å²) in [6.07, 6.45) is -4.44. The molecule has 116 valence electrons. The number of alkyl halides is 3. The molecule has 2 rings (SSSR count). The van der Waals surface area contributed by atoms with Crippen LogP contribution in [0.3, 0.4) is 0 Å². The molecule has 1 saturated heterocycles. The molecule has 21 heavy (non-hydrogen) atoms. The summed E-state index contributed by atoms with van der Waals surface area (Å²) in [5.41, 5.74) is -1.40. The fourth-order valence-corrected chi connectivity index (χ4v) is 2.61. The molecule has 0 saturated carbocycles. The van der Waals surface area contributed by atoms with Gasteiger partial charge in [0.2, 0.25) is 0 Å². The maximum Gasteiger partial charge on any atom is 0.418 e. The second-order valence-electron chi connectivity index (χ2n) is 5.15. The highest BCUT2D eigenvalue weighted by Gasteiger charge is 2.44. The van der Waals surface area contributed by atoms with Crippen molar-refractivity contribution in [3.05, 3.63) is 28.2 Å². The fourth-order valence-electron chi connectivity index (χ4n) is 2.26. The lowest BCUT2D eigenvalue weighted by molar-refractivity contribution is -0.150. The predicted molar refractivity (Wildman–Crippen MR) is 73.3 cm³/mol. The molecule has 1 N–H and O–H groups in total. The molecule has 4 nitrogen and oxygen atoms in total. The molecule has 0 bridgehead atoms. The fraction of sp³-hybridized carbons (Fsp3) is 0.462. The molecule has 8 heteroatoms. The molecule has 1 aliphatic heterocycles. The van der Waals surface area contributed by atoms with Crippen molar-refractivity contribution in [3.63, 3.8) is 0 Å². The molecule has 0 aliphatic carbocycles. The molecule has 0 amide bonds. The molecule has 0 spiro atoms. The lowest BCUT2D eigenvalue weighted by atomic mass is 9.94. The lowest BCUT2D eigenvalue weighted by Gasteiger charge is -2.49. The Hall–Kier alpha value is -1.28. The van der Waals surface area contributed by atoms with Gasteiger partial charge in [0.1, 0.15) is 12.2 Å². The predicted octanol–water partition coefficient (Wildman–Crippen LogP) is 3.15. The van der Waals surface area contributed by atoms with Crippen LogP contribution in [0.4, 0.5) is 18.9 Å². The Morgan fingerprint density at radius 2 is 2.10 bits per heavy atom. The van der Waals surface area contributed by atoms with Crippen molar-refractivity contribution < 1.29 is 27.8 Å². The van der Waals surface area contributed by atoms with Gasteiger partial charge in [-0.2, -0.15) is 13.2 Å². The first-order valence-corrected chi connectivity index (χ1v) is 6.87. The summed E-state index contributed by atoms with van der Waals surface area (Å²) in [6, 6.07) is 3.76. The Kier molecular flexibility index (Phi) is 4.21. The Bertz CT molecular complexity index is 556. The van der Waals surface area contributed by atoms with E-state index < -0.39 is 29.9 Å². The molecule has 0 aromatic heterocycles. The van der Waals surface area contributed by atoms with Crippen molar-refractivity contribution in [3.8, 4) is 0 Å². The summed E-state index contributed by atoms with van der Waals surface area (Å²) in [4.78, 5) is 12.0. The highest BCUT2D eigenvalue weighted by molar-refractivity contribution is 9.10. The van der Waals surface area contributed by atoms with Gasteiger partial charge in [-0.25, -0.2) is 4.79 Å². The van der Waals surface area contributed by atoms with Gasteiger partial charge in [-0.3, -0.25) is 0 Å². The molecular formula is C13H13BrF3NO3. The number of rotatable bonds is 4. The third-order valence-corrected chi connectivity index (χ3v) is 3.69. The number of aliphatic carboxylic acids is 1. The van der Waals surface area contributed by atoms with Crippen LogP contribution in [0.1, 0.15) is 12.5 Å². The molecular weight excluding hydrogens is 355 g/mol. The van der Waals surface area contributed by atoms with E-state index >= 15 is 0 Å². The zero-order chi connectivity index (χ0) is 15.8. The van der Waals surface area contributed by atoms with Gasteiger partial charge in [0.15, 0.2) is 0 Å². The van der Waals surface area contributed by atoms with Crippen LogP contribution in [-0.2, 0) is 15.7 Å². The van der Waals surface area contributed by atoms with E-state index in [0.29, 0.717) is 4.47 Å². The van der Waals surface area contributed by atoms with E-state index in [-0.39, 0.29) is 18.8 Å². The maximum atomic E-state index is 13.0. The summed E-state index contributed by atoms with van der Waals surface area (Å²) >= 11 is 3.16. The summed E-state index contributed by atoms with van der Waals surface area (Å²) in [5, 5.41) is 8.57. The molecule has 1 aromatic rings. The standard InChI is InChI=1S/C13H13BrF3NO3/c1-12(21-5-11(19)20)6-18(7-12)10-4-8(14)2-3-9(10)13(15,16)17/h2-4H,5-7H2,1H3,(H,19,20). The summed E-state index contributed by atoms with van der Waals surface area (Å²) < 4.78 is 44.7. The van der Waals surface area contributed by atoms with E-state index in [0.717, 1.165) is 6.07 Å². The molecule has 0 radical (unpaired) electrons. The number of carbonyl (C=O) groups is 1. The van der Waals surface area contributed by atoms with Crippen molar-refractivity contribution in [2.75, 3.05) is 24.6 Å². The topological polar surface area (TPSA) is 49.8 Å². The zero-order valence-corrected chi connectivity index (χ0v) is 12.7. The number of hydrogen-bond acceptors (Lipinski definition) is 3. The lowest BCUT2D eigenvalue weighted by Crippen LogP contribution is -2.62. The number of halogens is 4. The van der Waals surface area contributed by atoms with Crippen molar-refractivity contribution >= 4 is 27.6 Å². The molecule has 0 atom stereocenters. The van der Waals surface area contributed by atoms with Crippen LogP contribution in [-0.4, -0.2) is 36.4 Å². The second-order valence-corrected chi connectivity index (χ2v) is 6.06. The largest absolute Gasteiger partial charge is 0.480 e. The van der Waals surface area contributed by atoms with Crippen LogP contribution in [0, 0.1) is 0 Å². The first-order valence-electron chi connectivity index (χ1n) is 6.08. The van der Waals surface area contributed by atoms with E-state index in [9.17, 15) is 18.0 Å². The Labute approximate surface area is 127 Å². The number of carboxylic acid groups (broad SMARTS) is 1. The van der Waals surface area contributed by atoms with E-state index in [1.54, 1.807) is 6.92 Å². The second kappa shape index (κ2) is 5.49. The number of carboxylic acids is 1. The van der Waals surface area contributed by atoms with E-state index in [1.165, 1.54) is 17.0 Å². The number of hydrogen-bond donors (Lipinski definition) is 1. The van der Waals surface area contributed by atoms with E-state index in [2.05, 4.69) is 15.9 Å². The Balaban J connectivity index is 2.15. The maximum absolute atomic E-state index is 13.0. The molecule has 0 unspecified atom stereocenters. The van der Waals surface area contributed by atoms with Crippen molar-refractivity contribution in [1.82, 2.24) is 0 Å². The monoisotopic (exact) mass is 367 g/mol. The number of benzene rings is 1. The highest BCUT2D eigenvalue weighted by atomic mass is 79.9. The average molecular weight is 368 g/mol. The summed E-state index contributed by atoms with van der Waals surface area (Å²) in [7, 11) is 0. The molecule has 1 heterocycles. The van der Waals surface area contributed by atoms with E-state index in [4.69, 9.17) is 9.84 Å². The van der Waals surface area contributed by atoms with E-state index in [1.807, 2.05) is 0 Å². The smallest absolute Gasteiger partial charge is 0.418 e. The molecule has 1 aliphatic rings. The summed E-state index contributed by atoms with van der Waals surface area (Å²) in [6.45, 7) is 1.63. The normalized spacial score (nSPS) is 17.5. The van der Waals surface area contributed by atoms with Crippen LogP contribution in [0.25, 0.3) is 0 Å². The van der Waals surface area contributed by atoms with Crippen LogP contribution >= 0.6 is 15.9 Å². The van der Waals surface area contributed by atoms with Crippen LogP contribution in [0.5, 0.6) is 0 Å². The van der Waals surface area contributed by atoms with Crippen LogP contribution < -0.4 is 4.90 Å². The minimum atomic E-state index is -4.44. The van der Waals surface area contributed by atoms with Crippen molar-refractivity contribution in [2.24, 2.45) is 0 Å². The van der Waals surface area contributed by atoms with Gasteiger partial charge in [-0.05, 0) is 25.1 Å². The number of nitrogens with zero attached hydrogens (tertiary/aromatic N) is 1. The Morgan fingerprint density at radius 1 is 1.48 bits per heavy atom. The van der Waals surface area contributed by atoms with Gasteiger partial charge in [0, 0.05) is 17.6 Å². The van der Waals surface area contributed by atoms with Crippen LogP contribution in [0.15, 0.2) is 22.7 Å². The third kappa shape index (κ3) is 3.68. The summed E-state index contributed by atoms with van der Waals surface area (Å²) in [5.74, 6) is -1.10. The third-order valence-electron chi connectivity index (χ3n) is 3.20. The van der Waals surface area contributed by atoms with Gasteiger partial charge in [0.25, 0.3) is 0 Å².